The average molecular weight is 228 g/mol. The number of likely N-dealkylation sites (tertiary alicyclic amines) is 1. The molecule has 1 aliphatic rings. The SMILES string of the molecule is O=CN1CCC(c2c[nH]c3ccccc23)CC1. The van der Waals surface area contributed by atoms with Crippen LogP contribution in [0.4, 0.5) is 0 Å². The third-order valence-corrected chi connectivity index (χ3v) is 3.74. The van der Waals surface area contributed by atoms with Crippen LogP contribution in [0.2, 0.25) is 0 Å². The number of H-pyrrole nitrogens is 1. The molecule has 0 aliphatic carbocycles. The maximum absolute atomic E-state index is 10.7. The second kappa shape index (κ2) is 4.24. The van der Waals surface area contributed by atoms with Gasteiger partial charge in [-0.2, -0.15) is 0 Å². The maximum Gasteiger partial charge on any atom is 0.209 e. The standard InChI is InChI=1S/C14H16N2O/c17-10-16-7-5-11(6-8-16)13-9-15-14-4-2-1-3-12(13)14/h1-4,9-11,15H,5-8H2. The summed E-state index contributed by atoms with van der Waals surface area (Å²) in [6, 6.07) is 8.42. The van der Waals surface area contributed by atoms with E-state index in [1.54, 1.807) is 0 Å². The fourth-order valence-electron chi connectivity index (χ4n) is 2.75. The van der Waals surface area contributed by atoms with Crippen LogP contribution < -0.4 is 0 Å². The highest BCUT2D eigenvalue weighted by atomic mass is 16.1. The van der Waals surface area contributed by atoms with Crippen molar-refractivity contribution < 1.29 is 4.79 Å². The van der Waals surface area contributed by atoms with Gasteiger partial charge in [-0.3, -0.25) is 4.79 Å². The minimum absolute atomic E-state index is 0.586. The number of nitrogens with one attached hydrogen (secondary N) is 1. The predicted octanol–water partition coefficient (Wildman–Crippen LogP) is 2.50. The Morgan fingerprint density at radius 3 is 2.76 bits per heavy atom. The molecule has 1 aromatic heterocycles. The highest BCUT2D eigenvalue weighted by Gasteiger charge is 2.21. The van der Waals surface area contributed by atoms with Gasteiger partial charge in [-0.05, 0) is 30.4 Å². The third-order valence-electron chi connectivity index (χ3n) is 3.74. The summed E-state index contributed by atoms with van der Waals surface area (Å²) < 4.78 is 0. The summed E-state index contributed by atoms with van der Waals surface area (Å²) in [5.74, 6) is 0.586. The smallest absolute Gasteiger partial charge is 0.209 e. The van der Waals surface area contributed by atoms with E-state index in [0.717, 1.165) is 32.3 Å². The Balaban J connectivity index is 1.87. The molecule has 1 amide bonds. The molecular formula is C14H16N2O. The molecule has 0 unspecified atom stereocenters. The van der Waals surface area contributed by atoms with E-state index in [-0.39, 0.29) is 0 Å². The van der Waals surface area contributed by atoms with Crippen molar-refractivity contribution in [2.75, 3.05) is 13.1 Å². The number of carbonyl (C=O) groups excluding carboxylic acids is 1. The van der Waals surface area contributed by atoms with Gasteiger partial charge in [0.05, 0.1) is 0 Å². The lowest BCUT2D eigenvalue weighted by molar-refractivity contribution is -0.119. The van der Waals surface area contributed by atoms with E-state index in [4.69, 9.17) is 0 Å². The van der Waals surface area contributed by atoms with Gasteiger partial charge in [0.2, 0.25) is 6.41 Å². The van der Waals surface area contributed by atoms with Crippen molar-refractivity contribution in [1.82, 2.24) is 9.88 Å². The van der Waals surface area contributed by atoms with Crippen LogP contribution >= 0.6 is 0 Å². The molecule has 0 radical (unpaired) electrons. The topological polar surface area (TPSA) is 36.1 Å². The minimum atomic E-state index is 0.586. The molecule has 3 heteroatoms. The molecule has 0 bridgehead atoms. The second-order valence-corrected chi connectivity index (χ2v) is 4.71. The van der Waals surface area contributed by atoms with Gasteiger partial charge in [-0.25, -0.2) is 0 Å². The van der Waals surface area contributed by atoms with Gasteiger partial charge in [-0.1, -0.05) is 18.2 Å². The monoisotopic (exact) mass is 228 g/mol. The van der Waals surface area contributed by atoms with Gasteiger partial charge in [-0.15, -0.1) is 0 Å². The number of hydrogen-bond acceptors (Lipinski definition) is 1. The van der Waals surface area contributed by atoms with Crippen LogP contribution in [0.3, 0.4) is 0 Å². The van der Waals surface area contributed by atoms with Gasteiger partial charge in [0, 0.05) is 30.2 Å². The van der Waals surface area contributed by atoms with Crippen molar-refractivity contribution in [1.29, 1.82) is 0 Å². The van der Waals surface area contributed by atoms with Crippen LogP contribution in [0.1, 0.15) is 24.3 Å². The molecule has 3 nitrogen and oxygen atoms in total. The molecule has 17 heavy (non-hydrogen) atoms. The fourth-order valence-corrected chi connectivity index (χ4v) is 2.75. The van der Waals surface area contributed by atoms with Crippen LogP contribution in [0.5, 0.6) is 0 Å². The van der Waals surface area contributed by atoms with Crippen molar-refractivity contribution in [3.05, 3.63) is 36.0 Å². The van der Waals surface area contributed by atoms with Gasteiger partial charge in [0.25, 0.3) is 0 Å². The predicted molar refractivity (Wildman–Crippen MR) is 67.9 cm³/mol. The largest absolute Gasteiger partial charge is 0.361 e. The molecule has 0 saturated carbocycles. The van der Waals surface area contributed by atoms with Crippen molar-refractivity contribution in [2.45, 2.75) is 18.8 Å². The average Bonchev–Trinajstić information content (AvgIpc) is 2.83. The summed E-state index contributed by atoms with van der Waals surface area (Å²) >= 11 is 0. The van der Waals surface area contributed by atoms with Crippen LogP contribution in [-0.4, -0.2) is 29.4 Å². The highest BCUT2D eigenvalue weighted by Crippen LogP contribution is 2.32. The Kier molecular flexibility index (Phi) is 2.59. The maximum atomic E-state index is 10.7. The third kappa shape index (κ3) is 1.82. The number of aromatic amines is 1. The van der Waals surface area contributed by atoms with Gasteiger partial charge >= 0.3 is 0 Å². The molecule has 88 valence electrons. The molecule has 0 atom stereocenters. The first-order valence-corrected chi connectivity index (χ1v) is 6.14. The fraction of sp³-hybridized carbons (Fsp3) is 0.357. The summed E-state index contributed by atoms with van der Waals surface area (Å²) in [7, 11) is 0. The summed E-state index contributed by atoms with van der Waals surface area (Å²) in [4.78, 5) is 15.9. The Hall–Kier alpha value is -1.77. The molecule has 2 aromatic rings. The number of piperidine rings is 1. The van der Waals surface area contributed by atoms with Crippen molar-refractivity contribution >= 4 is 17.3 Å². The number of fused-ring (bicyclic) bond motifs is 1. The molecular weight excluding hydrogens is 212 g/mol. The van der Waals surface area contributed by atoms with Gasteiger partial charge in [0.1, 0.15) is 0 Å². The van der Waals surface area contributed by atoms with Crippen LogP contribution in [-0.2, 0) is 4.79 Å². The number of para-hydroxylation sites is 1. The van der Waals surface area contributed by atoms with Gasteiger partial charge < -0.3 is 9.88 Å². The molecule has 1 saturated heterocycles. The van der Waals surface area contributed by atoms with E-state index >= 15 is 0 Å². The van der Waals surface area contributed by atoms with Crippen LogP contribution in [0.25, 0.3) is 10.9 Å². The number of amides is 1. The first kappa shape index (κ1) is 10.4. The Morgan fingerprint density at radius 2 is 2.00 bits per heavy atom. The molecule has 1 N–H and O–H groups in total. The molecule has 3 rings (SSSR count). The normalized spacial score (nSPS) is 17.5. The van der Waals surface area contributed by atoms with E-state index in [9.17, 15) is 4.79 Å². The zero-order valence-electron chi connectivity index (χ0n) is 9.73. The van der Waals surface area contributed by atoms with Gasteiger partial charge in [0.15, 0.2) is 0 Å². The molecule has 1 fully saturated rings. The number of nitrogens with zero attached hydrogens (tertiary/aromatic N) is 1. The highest BCUT2D eigenvalue weighted by molar-refractivity contribution is 5.83. The van der Waals surface area contributed by atoms with Crippen molar-refractivity contribution in [3.63, 3.8) is 0 Å². The molecule has 1 aliphatic heterocycles. The molecule has 0 spiro atoms. The first-order chi connectivity index (χ1) is 8.38. The Labute approximate surface area is 100 Å². The van der Waals surface area contributed by atoms with Crippen molar-refractivity contribution in [3.8, 4) is 0 Å². The van der Waals surface area contributed by atoms with Crippen LogP contribution in [0, 0.1) is 0 Å². The van der Waals surface area contributed by atoms with E-state index < -0.39 is 0 Å². The quantitative estimate of drug-likeness (QED) is 0.788. The molecule has 2 heterocycles. The van der Waals surface area contributed by atoms with Crippen LogP contribution in [0.15, 0.2) is 30.5 Å². The number of carbonyl (C=O) groups is 1. The lowest BCUT2D eigenvalue weighted by Gasteiger charge is -2.29. The van der Waals surface area contributed by atoms with E-state index in [1.807, 2.05) is 4.90 Å². The number of benzene rings is 1. The van der Waals surface area contributed by atoms with E-state index in [2.05, 4.69) is 35.4 Å². The van der Waals surface area contributed by atoms with E-state index in [0.29, 0.717) is 5.92 Å². The minimum Gasteiger partial charge on any atom is -0.361 e. The zero-order chi connectivity index (χ0) is 11.7. The summed E-state index contributed by atoms with van der Waals surface area (Å²) in [5.41, 5.74) is 2.62. The number of hydrogen-bond donors (Lipinski definition) is 1. The Morgan fingerprint density at radius 1 is 1.24 bits per heavy atom. The first-order valence-electron chi connectivity index (χ1n) is 6.14. The summed E-state index contributed by atoms with van der Waals surface area (Å²) in [5, 5.41) is 1.33. The summed E-state index contributed by atoms with van der Waals surface area (Å²) in [6.07, 6.45) is 5.23. The zero-order valence-corrected chi connectivity index (χ0v) is 9.73. The number of rotatable bonds is 2. The number of aromatic nitrogens is 1. The van der Waals surface area contributed by atoms with Crippen molar-refractivity contribution in [2.24, 2.45) is 0 Å². The summed E-state index contributed by atoms with van der Waals surface area (Å²) in [6.45, 7) is 1.77. The Bertz CT molecular complexity index is 524. The lowest BCUT2D eigenvalue weighted by Crippen LogP contribution is -2.31. The molecule has 1 aromatic carbocycles. The second-order valence-electron chi connectivity index (χ2n) is 4.71. The van der Waals surface area contributed by atoms with E-state index in [1.165, 1.54) is 16.5 Å². The lowest BCUT2D eigenvalue weighted by atomic mass is 9.89.